The molecule has 0 aliphatic rings. The van der Waals surface area contributed by atoms with Crippen molar-refractivity contribution in [1.82, 2.24) is 0 Å². The van der Waals surface area contributed by atoms with E-state index in [0.717, 1.165) is 0 Å². The number of hydrogen-bond acceptors (Lipinski definition) is 24. The van der Waals surface area contributed by atoms with Crippen molar-refractivity contribution in [2.75, 3.05) is 0 Å². The van der Waals surface area contributed by atoms with Gasteiger partial charge in [-0.05, 0) is 0 Å². The van der Waals surface area contributed by atoms with Crippen LogP contribution in [-0.2, 0) is 0 Å². The number of guanidine groups is 12. The molecule has 0 saturated carbocycles. The van der Waals surface area contributed by atoms with Crippen LogP contribution in [0.3, 0.4) is 0 Å². The monoisotopic (exact) mass is 993 g/mol. The molecule has 0 aromatic heterocycles. The summed E-state index contributed by atoms with van der Waals surface area (Å²) in [6.07, 6.45) is 0. The summed E-state index contributed by atoms with van der Waals surface area (Å²) in [4.78, 5) is 0. The number of hydrogen-bond donors (Lipinski definition) is 48. The normalized spacial score (nSPS) is 6.00. The lowest BCUT2D eigenvalue weighted by Crippen LogP contribution is -2.20. The summed E-state index contributed by atoms with van der Waals surface area (Å²) in [5.74, 6) is -4.00. The first-order chi connectivity index (χ1) is 27.7. The molecule has 0 aliphatic carbocycles. The summed E-state index contributed by atoms with van der Waals surface area (Å²) in [5, 5.41) is 159. The Hall–Kier alpha value is -9.06. The third-order valence-corrected chi connectivity index (χ3v) is 0. The van der Waals surface area contributed by atoms with Crippen LogP contribution in [0.5, 0.6) is 0 Å². The molecule has 0 bridgehead atoms. The molecule has 0 radical (unpaired) electrons. The minimum atomic E-state index is -2.17. The van der Waals surface area contributed by atoms with Crippen molar-refractivity contribution in [3.8, 4) is 0 Å². The van der Waals surface area contributed by atoms with Crippen LogP contribution in [0, 0.1) is 64.9 Å². The third-order valence-electron chi connectivity index (χ3n) is 0. The van der Waals surface area contributed by atoms with E-state index in [9.17, 15) is 0 Å². The van der Waals surface area contributed by atoms with Gasteiger partial charge in [-0.15, -0.1) is 0 Å². The smallest absolute Gasteiger partial charge is 0.412 e. The molecule has 0 saturated heterocycles. The molecule has 0 heterocycles. The second-order valence-electron chi connectivity index (χ2n) is 6.85. The molecule has 0 amide bonds. The minimum Gasteiger partial charge on any atom is -0.412 e. The van der Waals surface area contributed by atoms with Crippen molar-refractivity contribution >= 4 is 101 Å². The van der Waals surface area contributed by atoms with Gasteiger partial charge in [-0.2, -0.15) is 0 Å². The van der Waals surface area contributed by atoms with Gasteiger partial charge in [0, 0.05) is 0 Å². The van der Waals surface area contributed by atoms with Crippen molar-refractivity contribution in [3.05, 3.63) is 0 Å². The number of nitrogens with one attached hydrogen (secondary N) is 12. The zero-order valence-corrected chi connectivity index (χ0v) is 34.5. The maximum Gasteiger partial charge on any atom is 0.631 e. The Labute approximate surface area is 374 Å². The molecule has 0 fully saturated rings. The van der Waals surface area contributed by atoms with Crippen molar-refractivity contribution < 1.29 is 71.2 Å². The summed E-state index contributed by atoms with van der Waals surface area (Å²) in [5.41, 5.74) is 107. The molecule has 0 unspecified atom stereocenters. The highest BCUT2D eigenvalue weighted by Crippen LogP contribution is 1.41. The van der Waals surface area contributed by atoms with E-state index < -0.39 is 29.3 Å². The molecule has 0 aromatic carbocycles. The fourth-order valence-electron chi connectivity index (χ4n) is 0. The van der Waals surface area contributed by atoms with Gasteiger partial charge >= 0.3 is 29.3 Å². The minimum absolute atomic E-state index is 0. The first-order valence-corrected chi connectivity index (χ1v) is 13.0. The van der Waals surface area contributed by atoms with Gasteiger partial charge in [0.05, 0.1) is 0 Å². The van der Waals surface area contributed by atoms with Crippen LogP contribution >= 0.6 is 0 Å². The van der Waals surface area contributed by atoms with E-state index in [-0.39, 0.29) is 82.5 Å². The van der Waals surface area contributed by atoms with E-state index in [1.807, 2.05) is 0 Å². The average Bonchev–Trinajstić information content (AvgIpc) is 2.83. The van der Waals surface area contributed by atoms with Crippen molar-refractivity contribution in [1.29, 1.82) is 64.9 Å². The summed E-state index contributed by atoms with van der Waals surface area (Å²) in [6, 6.07) is 0. The first-order valence-electron chi connectivity index (χ1n) is 13.0. The first kappa shape index (κ1) is 118. The van der Waals surface area contributed by atoms with Gasteiger partial charge in [0.15, 0.2) is 71.5 Å². The molecule has 66 heavy (non-hydrogen) atoms. The fourth-order valence-corrected chi connectivity index (χ4v) is 0. The Morgan fingerprint density at radius 2 is 0.167 bits per heavy atom. The molecule has 0 aliphatic heterocycles. The van der Waals surface area contributed by atoms with Gasteiger partial charge in [-0.3, -0.25) is 64.9 Å². The average molecular weight is 992 g/mol. The van der Waals surface area contributed by atoms with Gasteiger partial charge in [0.25, 0.3) is 0 Å². The predicted molar refractivity (Wildman–Crippen MR) is 250 cm³/mol. The van der Waals surface area contributed by atoms with Gasteiger partial charge in [-0.1, -0.05) is 0 Å². The Morgan fingerprint density at radius 1 is 0.167 bits per heavy atom. The summed E-state index contributed by atoms with van der Waals surface area (Å²) >= 11 is 0. The second-order valence-corrected chi connectivity index (χ2v) is 6.85. The highest BCUT2D eigenvalue weighted by atomic mass is 16.5. The van der Waals surface area contributed by atoms with Gasteiger partial charge in [0.1, 0.15) is 0 Å². The third kappa shape index (κ3) is 1950. The maximum absolute atomic E-state index is 7.17. The fraction of sp³-hybridized carbons (Fsp3) is 0. The Balaban J connectivity index is -0.0000000232. The number of nitrogens with two attached hydrogens (primary N) is 24. The van der Waals surface area contributed by atoms with Crippen LogP contribution in [0.1, 0.15) is 0 Å². The molecule has 76 N–H and O–H groups in total. The van der Waals surface area contributed by atoms with Crippen LogP contribution in [-0.4, -0.2) is 172 Å². The molecule has 54 heteroatoms. The van der Waals surface area contributed by atoms with Crippen LogP contribution < -0.4 is 138 Å². The zero-order chi connectivity index (χ0) is 57.2. The lowest BCUT2D eigenvalue weighted by Gasteiger charge is -1.69. The molecule has 0 rings (SSSR count). The second kappa shape index (κ2) is 111. The van der Waals surface area contributed by atoms with Crippen molar-refractivity contribution in [2.24, 2.45) is 138 Å². The summed E-state index contributed by atoms with van der Waals surface area (Å²) < 4.78 is 0. The number of rotatable bonds is 0. The van der Waals surface area contributed by atoms with E-state index in [0.29, 0.717) is 0 Å². The van der Waals surface area contributed by atoms with E-state index in [1.165, 1.54) is 0 Å². The molecule has 0 spiro atoms. The Kier molecular flexibility index (Phi) is 198. The maximum atomic E-state index is 7.17. The van der Waals surface area contributed by atoms with Crippen LogP contribution in [0.4, 0.5) is 0 Å². The molecule has 0 aromatic rings. The van der Waals surface area contributed by atoms with E-state index in [1.54, 1.807) is 0 Å². The standard InChI is InChI=1S/12CH5N3.4BH3O3.2H2O/c16*2-1(3)4;;/h12*(H5,2,3,4);4*2-4H;2*1H2. The molecular weight excluding hydrogens is 916 g/mol. The van der Waals surface area contributed by atoms with Crippen LogP contribution in [0.25, 0.3) is 0 Å². The zero-order valence-electron chi connectivity index (χ0n) is 34.5. The van der Waals surface area contributed by atoms with Crippen molar-refractivity contribution in [3.63, 3.8) is 0 Å². The predicted octanol–water partition coefficient (Wildman–Crippen LogP) is -23.8. The van der Waals surface area contributed by atoms with E-state index in [4.69, 9.17) is 125 Å². The summed E-state index contributed by atoms with van der Waals surface area (Å²) in [6.45, 7) is 0. The van der Waals surface area contributed by atoms with Gasteiger partial charge in [0.2, 0.25) is 0 Å². The van der Waals surface area contributed by atoms with E-state index >= 15 is 0 Å². The largest absolute Gasteiger partial charge is 0.631 e. The molecule has 0 atom stereocenters. The molecule has 50 nitrogen and oxygen atoms in total. The summed E-state index contributed by atoms with van der Waals surface area (Å²) in [7, 11) is -8.67. The lowest BCUT2D eigenvalue weighted by atomic mass is 10.3. The topological polar surface area (TPSA) is 1220 Å². The molecular formula is C12H76B4N36O14. The molecule has 400 valence electrons. The van der Waals surface area contributed by atoms with Crippen LogP contribution in [0.15, 0.2) is 0 Å². The van der Waals surface area contributed by atoms with Crippen molar-refractivity contribution in [2.45, 2.75) is 0 Å². The Morgan fingerprint density at radius 3 is 0.167 bits per heavy atom. The van der Waals surface area contributed by atoms with E-state index in [2.05, 4.69) is 138 Å². The highest BCUT2D eigenvalue weighted by molar-refractivity contribution is 6.31. The SMILES string of the molecule is N=C(N)N.N=C(N)N.N=C(N)N.N=C(N)N.N=C(N)N.N=C(N)N.N=C(N)N.N=C(N)N.N=C(N)N.N=C(N)N.N=C(N)N.N=C(N)N.O.O.OB(O)O.OB(O)O.OB(O)O.OB(O)O. The van der Waals surface area contributed by atoms with Gasteiger partial charge in [-0.25, -0.2) is 0 Å². The van der Waals surface area contributed by atoms with Crippen LogP contribution in [0.2, 0.25) is 0 Å². The Bertz CT molecular complexity index is 785. The quantitative estimate of drug-likeness (QED) is 0.0609. The van der Waals surface area contributed by atoms with Gasteiger partial charge < -0.3 is 209 Å². The highest BCUT2D eigenvalue weighted by Gasteiger charge is 1.93. The lowest BCUT2D eigenvalue weighted by molar-refractivity contribution is 0.276.